The van der Waals surface area contributed by atoms with Crippen molar-refractivity contribution in [3.05, 3.63) is 47.7 Å². The van der Waals surface area contributed by atoms with Crippen molar-refractivity contribution in [2.75, 3.05) is 0 Å². The Kier molecular flexibility index (Phi) is 4.53. The summed E-state index contributed by atoms with van der Waals surface area (Å²) in [5, 5.41) is 1.03. The van der Waals surface area contributed by atoms with Gasteiger partial charge in [0.2, 0.25) is 0 Å². The first-order chi connectivity index (χ1) is 9.54. The van der Waals surface area contributed by atoms with Crippen molar-refractivity contribution in [1.82, 2.24) is 4.98 Å². The van der Waals surface area contributed by atoms with Gasteiger partial charge >= 0.3 is 0 Å². The second-order valence-corrected chi connectivity index (χ2v) is 5.66. The van der Waals surface area contributed by atoms with Crippen LogP contribution in [-0.4, -0.2) is 4.98 Å². The largest absolute Gasteiger partial charge is 0.255 e. The fourth-order valence-corrected chi connectivity index (χ4v) is 2.41. The Labute approximate surface area is 121 Å². The topological polar surface area (TPSA) is 12.9 Å². The van der Waals surface area contributed by atoms with E-state index in [2.05, 4.69) is 20.1 Å². The molecule has 0 aliphatic heterocycles. The van der Waals surface area contributed by atoms with E-state index in [-0.39, 0.29) is 5.92 Å². The third kappa shape index (κ3) is 2.89. The second-order valence-electron chi connectivity index (χ2n) is 5.03. The number of pyridine rings is 1. The van der Waals surface area contributed by atoms with E-state index in [1.807, 2.05) is 38.1 Å². The maximum atomic E-state index is 14.4. The third-order valence-electron chi connectivity index (χ3n) is 3.21. The molecule has 0 spiro atoms. The molecule has 2 rings (SSSR count). The van der Waals surface area contributed by atoms with Crippen LogP contribution in [0.1, 0.15) is 31.1 Å². The first-order valence-electron chi connectivity index (χ1n) is 6.50. The van der Waals surface area contributed by atoms with E-state index in [4.69, 9.17) is 6.42 Å². The predicted molar refractivity (Wildman–Crippen MR) is 85.6 cm³/mol. The maximum absolute atomic E-state index is 14.4. The Morgan fingerprint density at radius 3 is 2.60 bits per heavy atom. The number of nitrogens with zero attached hydrogens (tertiary/aromatic N) is 1. The van der Waals surface area contributed by atoms with E-state index in [0.717, 1.165) is 16.6 Å². The number of halogens is 1. The minimum atomic E-state index is -1.08. The summed E-state index contributed by atoms with van der Waals surface area (Å²) < 4.78 is 14.4. The zero-order valence-electron chi connectivity index (χ0n) is 11.6. The molecule has 0 saturated heterocycles. The Morgan fingerprint density at radius 2 is 2.00 bits per heavy atom. The van der Waals surface area contributed by atoms with Crippen LogP contribution in [0.25, 0.3) is 11.3 Å². The van der Waals surface area contributed by atoms with Crippen LogP contribution in [0.3, 0.4) is 0 Å². The van der Waals surface area contributed by atoms with Gasteiger partial charge in [0.25, 0.3) is 0 Å². The first-order valence-corrected chi connectivity index (χ1v) is 7.07. The summed E-state index contributed by atoms with van der Waals surface area (Å²) >= 11 is 0. The minimum Gasteiger partial charge on any atom is -0.255 e. The minimum absolute atomic E-state index is 0.122. The van der Waals surface area contributed by atoms with Crippen molar-refractivity contribution in [3.63, 3.8) is 0 Å². The summed E-state index contributed by atoms with van der Waals surface area (Å²) in [6, 6.07) is 9.60. The highest BCUT2D eigenvalue weighted by Gasteiger charge is 2.19. The standard InChI is InChI=1S/C17H17FNP/c1-4-12-10-19-15(9-14(12)17(18)11(2)3)13-7-5-6-8-16(13)20/h1,5-11,17H,20H2,2-3H3. The molecule has 1 heterocycles. The molecule has 0 aliphatic carbocycles. The summed E-state index contributed by atoms with van der Waals surface area (Å²) in [6.07, 6.45) is 5.94. The average molecular weight is 285 g/mol. The molecule has 1 aromatic heterocycles. The Hall–Kier alpha value is -1.71. The predicted octanol–water partition coefficient (Wildman–Crippen LogP) is 3.90. The number of benzene rings is 1. The van der Waals surface area contributed by atoms with E-state index in [1.54, 1.807) is 12.3 Å². The van der Waals surface area contributed by atoms with Crippen molar-refractivity contribution in [3.8, 4) is 23.6 Å². The highest BCUT2D eigenvalue weighted by Crippen LogP contribution is 2.30. The highest BCUT2D eigenvalue weighted by atomic mass is 31.0. The van der Waals surface area contributed by atoms with Crippen LogP contribution in [0.2, 0.25) is 0 Å². The molecule has 0 N–H and O–H groups in total. The quantitative estimate of drug-likeness (QED) is 0.615. The van der Waals surface area contributed by atoms with Gasteiger partial charge in [0.05, 0.1) is 5.69 Å². The zero-order chi connectivity index (χ0) is 14.7. The lowest BCUT2D eigenvalue weighted by Crippen LogP contribution is -2.05. The number of aromatic nitrogens is 1. The van der Waals surface area contributed by atoms with E-state index < -0.39 is 6.17 Å². The molecule has 2 unspecified atom stereocenters. The molecule has 0 aliphatic rings. The van der Waals surface area contributed by atoms with Gasteiger partial charge in [-0.25, -0.2) is 4.39 Å². The Bertz CT molecular complexity index is 658. The van der Waals surface area contributed by atoms with E-state index in [1.165, 1.54) is 0 Å². The van der Waals surface area contributed by atoms with Crippen LogP contribution >= 0.6 is 9.24 Å². The second kappa shape index (κ2) is 6.16. The summed E-state index contributed by atoms with van der Waals surface area (Å²) in [5.74, 6) is 2.40. The Balaban J connectivity index is 2.56. The number of hydrogen-bond acceptors (Lipinski definition) is 1. The molecule has 3 heteroatoms. The van der Waals surface area contributed by atoms with Gasteiger partial charge in [-0.1, -0.05) is 44.0 Å². The lowest BCUT2D eigenvalue weighted by Gasteiger charge is -2.15. The number of rotatable bonds is 3. The highest BCUT2D eigenvalue weighted by molar-refractivity contribution is 7.27. The fraction of sp³-hybridized carbons (Fsp3) is 0.235. The average Bonchev–Trinajstić information content (AvgIpc) is 2.46. The van der Waals surface area contributed by atoms with E-state index >= 15 is 0 Å². The first kappa shape index (κ1) is 14.7. The van der Waals surface area contributed by atoms with Crippen LogP contribution in [-0.2, 0) is 0 Å². The van der Waals surface area contributed by atoms with Gasteiger partial charge in [0, 0.05) is 22.9 Å². The molecule has 0 saturated carbocycles. The molecular formula is C17H17FNP. The summed E-state index contributed by atoms with van der Waals surface area (Å²) in [6.45, 7) is 3.68. The molecule has 1 nitrogen and oxygen atoms in total. The van der Waals surface area contributed by atoms with Gasteiger partial charge in [-0.15, -0.1) is 15.7 Å². The van der Waals surface area contributed by atoms with Crippen molar-refractivity contribution in [2.45, 2.75) is 20.0 Å². The zero-order valence-corrected chi connectivity index (χ0v) is 12.8. The van der Waals surface area contributed by atoms with Crippen molar-refractivity contribution < 1.29 is 4.39 Å². The molecule has 20 heavy (non-hydrogen) atoms. The molecule has 102 valence electrons. The SMILES string of the molecule is C#Cc1cnc(-c2ccccc2P)cc1C(F)C(C)C. The molecule has 0 bridgehead atoms. The number of alkyl halides is 1. The lowest BCUT2D eigenvalue weighted by molar-refractivity contribution is 0.261. The smallest absolute Gasteiger partial charge is 0.129 e. The maximum Gasteiger partial charge on any atom is 0.129 e. The van der Waals surface area contributed by atoms with Crippen LogP contribution in [0.15, 0.2) is 36.5 Å². The normalized spacial score (nSPS) is 12.2. The van der Waals surface area contributed by atoms with E-state index in [9.17, 15) is 4.39 Å². The third-order valence-corrected chi connectivity index (χ3v) is 3.71. The van der Waals surface area contributed by atoms with Crippen LogP contribution in [0, 0.1) is 18.3 Å². The number of terminal acetylenes is 1. The number of hydrogen-bond donors (Lipinski definition) is 0. The van der Waals surface area contributed by atoms with Gasteiger partial charge in [0.1, 0.15) is 6.17 Å². The molecule has 0 radical (unpaired) electrons. The van der Waals surface area contributed by atoms with Gasteiger partial charge in [0.15, 0.2) is 0 Å². The fourth-order valence-electron chi connectivity index (χ4n) is 2.06. The summed E-state index contributed by atoms with van der Waals surface area (Å²) in [4.78, 5) is 4.36. The molecular weight excluding hydrogens is 268 g/mol. The van der Waals surface area contributed by atoms with Crippen LogP contribution < -0.4 is 5.30 Å². The summed E-state index contributed by atoms with van der Waals surface area (Å²) in [5.41, 5.74) is 2.78. The van der Waals surface area contributed by atoms with E-state index in [0.29, 0.717) is 11.1 Å². The van der Waals surface area contributed by atoms with Gasteiger partial charge in [-0.2, -0.15) is 0 Å². The Morgan fingerprint density at radius 1 is 1.30 bits per heavy atom. The van der Waals surface area contributed by atoms with Crippen molar-refractivity contribution in [1.29, 1.82) is 0 Å². The molecule has 2 atom stereocenters. The van der Waals surface area contributed by atoms with Gasteiger partial charge in [-0.3, -0.25) is 4.98 Å². The lowest BCUT2D eigenvalue weighted by atomic mass is 9.95. The molecule has 0 fully saturated rings. The van der Waals surface area contributed by atoms with Gasteiger partial charge < -0.3 is 0 Å². The van der Waals surface area contributed by atoms with Crippen molar-refractivity contribution >= 4 is 14.5 Å². The molecule has 2 aromatic rings. The van der Waals surface area contributed by atoms with Crippen molar-refractivity contribution in [2.24, 2.45) is 5.92 Å². The van der Waals surface area contributed by atoms with Crippen LogP contribution in [0.5, 0.6) is 0 Å². The van der Waals surface area contributed by atoms with Crippen LogP contribution in [0.4, 0.5) is 4.39 Å². The monoisotopic (exact) mass is 285 g/mol. The molecule has 1 aromatic carbocycles. The molecule has 0 amide bonds. The summed E-state index contributed by atoms with van der Waals surface area (Å²) in [7, 11) is 2.67. The van der Waals surface area contributed by atoms with Gasteiger partial charge in [-0.05, 0) is 17.3 Å².